The first-order valence-electron chi connectivity index (χ1n) is 7.33. The average Bonchev–Trinajstić information content (AvgIpc) is 2.86. The third-order valence-electron chi connectivity index (χ3n) is 3.83. The van der Waals surface area contributed by atoms with Crippen LogP contribution in [0.3, 0.4) is 0 Å². The van der Waals surface area contributed by atoms with Crippen molar-refractivity contribution in [2.45, 2.75) is 25.9 Å². The molecule has 1 aromatic carbocycles. The number of carbonyl (C=O) groups excluding carboxylic acids is 1. The lowest BCUT2D eigenvalue weighted by molar-refractivity contribution is 0.183. The van der Waals surface area contributed by atoms with Gasteiger partial charge in [-0.05, 0) is 31.0 Å². The number of methoxy groups -OCH3 is 1. The minimum Gasteiger partial charge on any atom is -0.497 e. The highest BCUT2D eigenvalue weighted by Gasteiger charge is 2.33. The molecule has 1 N–H and O–H groups in total. The van der Waals surface area contributed by atoms with Gasteiger partial charge in [-0.2, -0.15) is 0 Å². The van der Waals surface area contributed by atoms with Crippen LogP contribution < -0.4 is 10.1 Å². The highest BCUT2D eigenvalue weighted by atomic mass is 32.2. The quantitative estimate of drug-likeness (QED) is 0.888. The molecule has 122 valence electrons. The summed E-state index contributed by atoms with van der Waals surface area (Å²) in [6.07, 6.45) is 0.517. The lowest BCUT2D eigenvalue weighted by Gasteiger charge is -2.27. The summed E-state index contributed by atoms with van der Waals surface area (Å²) in [5.74, 6) is 0.964. The minimum atomic E-state index is -3.00. The second-order valence-corrected chi connectivity index (χ2v) is 7.58. The molecule has 1 aromatic rings. The van der Waals surface area contributed by atoms with Gasteiger partial charge in [0.05, 0.1) is 18.6 Å². The fourth-order valence-electron chi connectivity index (χ4n) is 2.65. The van der Waals surface area contributed by atoms with Crippen molar-refractivity contribution in [2.24, 2.45) is 0 Å². The maximum atomic E-state index is 12.3. The number of hydrogen-bond donors (Lipinski definition) is 1. The van der Waals surface area contributed by atoms with Crippen LogP contribution in [0.25, 0.3) is 0 Å². The van der Waals surface area contributed by atoms with Crippen LogP contribution in [0, 0.1) is 0 Å². The van der Waals surface area contributed by atoms with Crippen molar-refractivity contribution in [2.75, 3.05) is 25.2 Å². The molecule has 1 aliphatic rings. The van der Waals surface area contributed by atoms with E-state index in [1.165, 1.54) is 0 Å². The summed E-state index contributed by atoms with van der Waals surface area (Å²) in [4.78, 5) is 13.9. The van der Waals surface area contributed by atoms with Crippen molar-refractivity contribution in [1.82, 2.24) is 10.2 Å². The molecular formula is C15H22N2O4S. The summed E-state index contributed by atoms with van der Waals surface area (Å²) in [5, 5.41) is 2.84. The van der Waals surface area contributed by atoms with Crippen LogP contribution in [-0.2, 0) is 16.4 Å². The Morgan fingerprint density at radius 3 is 2.82 bits per heavy atom. The van der Waals surface area contributed by atoms with Gasteiger partial charge in [0.1, 0.15) is 5.75 Å². The smallest absolute Gasteiger partial charge is 0.317 e. The zero-order valence-corrected chi connectivity index (χ0v) is 13.7. The number of benzene rings is 1. The van der Waals surface area contributed by atoms with E-state index in [1.54, 1.807) is 12.0 Å². The van der Waals surface area contributed by atoms with E-state index in [2.05, 4.69) is 5.32 Å². The Morgan fingerprint density at radius 2 is 2.23 bits per heavy atom. The monoisotopic (exact) mass is 326 g/mol. The molecule has 1 heterocycles. The molecule has 2 amide bonds. The van der Waals surface area contributed by atoms with Crippen molar-refractivity contribution >= 4 is 15.9 Å². The van der Waals surface area contributed by atoms with E-state index >= 15 is 0 Å². The summed E-state index contributed by atoms with van der Waals surface area (Å²) in [5.41, 5.74) is 0.933. The van der Waals surface area contributed by atoms with Crippen LogP contribution in [0.15, 0.2) is 24.3 Å². The van der Waals surface area contributed by atoms with Crippen molar-refractivity contribution in [3.05, 3.63) is 29.8 Å². The lowest BCUT2D eigenvalue weighted by atomic mass is 10.2. The van der Waals surface area contributed by atoms with Gasteiger partial charge in [-0.15, -0.1) is 0 Å². The predicted molar refractivity (Wildman–Crippen MR) is 84.7 cm³/mol. The Bertz CT molecular complexity index is 630. The van der Waals surface area contributed by atoms with Gasteiger partial charge in [0.15, 0.2) is 9.84 Å². The summed E-state index contributed by atoms with van der Waals surface area (Å²) < 4.78 is 28.3. The van der Waals surface area contributed by atoms with Crippen LogP contribution in [0.4, 0.5) is 4.79 Å². The van der Waals surface area contributed by atoms with E-state index in [0.717, 1.165) is 11.3 Å². The number of nitrogens with zero attached hydrogens (tertiary/aromatic N) is 1. The first-order chi connectivity index (χ1) is 10.4. The van der Waals surface area contributed by atoms with E-state index in [4.69, 9.17) is 4.74 Å². The molecule has 1 saturated heterocycles. The second-order valence-electron chi connectivity index (χ2n) is 5.35. The molecule has 1 fully saturated rings. The fourth-order valence-corrected chi connectivity index (χ4v) is 4.38. The Morgan fingerprint density at radius 1 is 1.45 bits per heavy atom. The number of hydrogen-bond acceptors (Lipinski definition) is 4. The van der Waals surface area contributed by atoms with Gasteiger partial charge >= 0.3 is 6.03 Å². The Kier molecular flexibility index (Phi) is 5.28. The molecule has 0 bridgehead atoms. The molecular weight excluding hydrogens is 304 g/mol. The highest BCUT2D eigenvalue weighted by Crippen LogP contribution is 2.18. The maximum Gasteiger partial charge on any atom is 0.317 e. The Labute approximate surface area is 131 Å². The molecule has 1 unspecified atom stereocenters. The van der Waals surface area contributed by atoms with Gasteiger partial charge < -0.3 is 15.0 Å². The molecule has 1 aliphatic heterocycles. The van der Waals surface area contributed by atoms with Crippen molar-refractivity contribution in [3.63, 3.8) is 0 Å². The molecule has 7 heteroatoms. The SMILES string of the molecule is CCN(C(=O)NCc1cccc(OC)c1)C1CCS(=O)(=O)C1. The van der Waals surface area contributed by atoms with E-state index in [1.807, 2.05) is 31.2 Å². The number of nitrogens with one attached hydrogen (secondary N) is 1. The predicted octanol–water partition coefficient (Wildman–Crippen LogP) is 1.41. The zero-order chi connectivity index (χ0) is 16.2. The molecule has 0 spiro atoms. The van der Waals surface area contributed by atoms with Gasteiger partial charge in [-0.3, -0.25) is 0 Å². The third kappa shape index (κ3) is 4.13. The number of amides is 2. The van der Waals surface area contributed by atoms with Gasteiger partial charge in [-0.25, -0.2) is 13.2 Å². The van der Waals surface area contributed by atoms with Gasteiger partial charge in [0.25, 0.3) is 0 Å². The van der Waals surface area contributed by atoms with Gasteiger partial charge in [-0.1, -0.05) is 12.1 Å². The largest absolute Gasteiger partial charge is 0.497 e. The van der Waals surface area contributed by atoms with Gasteiger partial charge in [0, 0.05) is 19.1 Å². The lowest BCUT2D eigenvalue weighted by Crippen LogP contribution is -2.46. The number of ether oxygens (including phenoxy) is 1. The molecule has 0 aromatic heterocycles. The number of carbonyl (C=O) groups is 1. The molecule has 0 saturated carbocycles. The topological polar surface area (TPSA) is 75.7 Å². The summed E-state index contributed by atoms with van der Waals surface area (Å²) in [7, 11) is -1.40. The zero-order valence-electron chi connectivity index (χ0n) is 12.9. The minimum absolute atomic E-state index is 0.0629. The van der Waals surface area contributed by atoms with Crippen LogP contribution in [0.1, 0.15) is 18.9 Å². The summed E-state index contributed by atoms with van der Waals surface area (Å²) in [6.45, 7) is 2.73. The average molecular weight is 326 g/mol. The number of sulfone groups is 1. The van der Waals surface area contributed by atoms with Crippen LogP contribution in [0.2, 0.25) is 0 Å². The molecule has 0 radical (unpaired) electrons. The first-order valence-corrected chi connectivity index (χ1v) is 9.15. The van der Waals surface area contributed by atoms with Crippen LogP contribution in [-0.4, -0.2) is 50.6 Å². The van der Waals surface area contributed by atoms with Crippen LogP contribution in [0.5, 0.6) is 5.75 Å². The Balaban J connectivity index is 1.95. The number of rotatable bonds is 5. The Hall–Kier alpha value is -1.76. The van der Waals surface area contributed by atoms with Gasteiger partial charge in [0.2, 0.25) is 0 Å². The summed E-state index contributed by atoms with van der Waals surface area (Å²) >= 11 is 0. The highest BCUT2D eigenvalue weighted by molar-refractivity contribution is 7.91. The van der Waals surface area contributed by atoms with E-state index in [-0.39, 0.29) is 23.6 Å². The standard InChI is InChI=1S/C15H22N2O4S/c1-3-17(13-7-8-22(19,20)11-13)15(18)16-10-12-5-4-6-14(9-12)21-2/h4-6,9,13H,3,7-8,10-11H2,1-2H3,(H,16,18). The summed E-state index contributed by atoms with van der Waals surface area (Å²) in [6, 6.07) is 7.01. The molecule has 0 aliphatic carbocycles. The van der Waals surface area contributed by atoms with E-state index < -0.39 is 9.84 Å². The van der Waals surface area contributed by atoms with Crippen molar-refractivity contribution in [3.8, 4) is 5.75 Å². The van der Waals surface area contributed by atoms with Crippen molar-refractivity contribution in [1.29, 1.82) is 0 Å². The molecule has 2 rings (SSSR count). The molecule has 22 heavy (non-hydrogen) atoms. The first kappa shape index (κ1) is 16.6. The maximum absolute atomic E-state index is 12.3. The number of urea groups is 1. The fraction of sp³-hybridized carbons (Fsp3) is 0.533. The molecule has 1 atom stereocenters. The normalized spacial score (nSPS) is 19.6. The third-order valence-corrected chi connectivity index (χ3v) is 5.58. The second kappa shape index (κ2) is 7.00. The molecule has 6 nitrogen and oxygen atoms in total. The van der Waals surface area contributed by atoms with E-state index in [9.17, 15) is 13.2 Å². The van der Waals surface area contributed by atoms with E-state index in [0.29, 0.717) is 19.5 Å². The van der Waals surface area contributed by atoms with Crippen molar-refractivity contribution < 1.29 is 17.9 Å². The van der Waals surface area contributed by atoms with Crippen LogP contribution >= 0.6 is 0 Å².